The maximum Gasteiger partial charge on any atom is 0.253 e. The van der Waals surface area contributed by atoms with Gasteiger partial charge in [0.25, 0.3) is 5.91 Å². The Bertz CT molecular complexity index is 514. The number of para-hydroxylation sites is 1. The van der Waals surface area contributed by atoms with E-state index in [1.54, 1.807) is 6.20 Å². The number of hydrogen-bond donors (Lipinski definition) is 3. The van der Waals surface area contributed by atoms with Gasteiger partial charge < -0.3 is 16.0 Å². The van der Waals surface area contributed by atoms with E-state index in [1.807, 2.05) is 31.2 Å². The first-order valence-corrected chi connectivity index (χ1v) is 5.83. The molecule has 90 valence electrons. The minimum Gasteiger partial charge on any atom is -0.360 e. The van der Waals surface area contributed by atoms with Crippen LogP contribution in [-0.4, -0.2) is 23.5 Å². The lowest BCUT2D eigenvalue weighted by atomic mass is 10.1. The average Bonchev–Trinajstić information content (AvgIpc) is 2.79. The van der Waals surface area contributed by atoms with Crippen LogP contribution in [0.4, 0.5) is 0 Å². The zero-order valence-corrected chi connectivity index (χ0v) is 9.86. The lowest BCUT2D eigenvalue weighted by molar-refractivity contribution is 0.0939. The van der Waals surface area contributed by atoms with Gasteiger partial charge in [0.2, 0.25) is 0 Å². The van der Waals surface area contributed by atoms with E-state index in [2.05, 4.69) is 10.3 Å². The van der Waals surface area contributed by atoms with Gasteiger partial charge >= 0.3 is 0 Å². The highest BCUT2D eigenvalue weighted by atomic mass is 16.1. The lowest BCUT2D eigenvalue weighted by Crippen LogP contribution is -2.39. The van der Waals surface area contributed by atoms with Crippen molar-refractivity contribution >= 4 is 16.8 Å². The van der Waals surface area contributed by atoms with Crippen molar-refractivity contribution in [3.8, 4) is 0 Å². The standard InChI is InChI=1S/C13H17N3O/c1-2-9(7-14)16-13(17)11-8-15-12-6-4-3-5-10(11)12/h3-6,8-9,15H,2,7,14H2,1H3,(H,16,17). The minimum atomic E-state index is -0.0697. The molecule has 17 heavy (non-hydrogen) atoms. The third-order valence-electron chi connectivity index (χ3n) is 2.95. The Morgan fingerprint density at radius 1 is 1.47 bits per heavy atom. The maximum absolute atomic E-state index is 12.1. The Kier molecular flexibility index (Phi) is 3.44. The van der Waals surface area contributed by atoms with Crippen molar-refractivity contribution in [2.75, 3.05) is 6.54 Å². The molecule has 0 bridgehead atoms. The van der Waals surface area contributed by atoms with Gasteiger partial charge in [-0.2, -0.15) is 0 Å². The van der Waals surface area contributed by atoms with E-state index < -0.39 is 0 Å². The van der Waals surface area contributed by atoms with Crippen LogP contribution in [0, 0.1) is 0 Å². The van der Waals surface area contributed by atoms with Gasteiger partial charge in [-0.25, -0.2) is 0 Å². The molecule has 2 rings (SSSR count). The number of nitrogens with two attached hydrogens (primary N) is 1. The van der Waals surface area contributed by atoms with Crippen molar-refractivity contribution in [3.05, 3.63) is 36.0 Å². The number of amides is 1. The molecule has 1 unspecified atom stereocenters. The van der Waals surface area contributed by atoms with Crippen LogP contribution >= 0.6 is 0 Å². The predicted octanol–water partition coefficient (Wildman–Crippen LogP) is 1.63. The number of carbonyl (C=O) groups is 1. The van der Waals surface area contributed by atoms with Crippen molar-refractivity contribution in [1.29, 1.82) is 0 Å². The number of carbonyl (C=O) groups excluding carboxylic acids is 1. The number of rotatable bonds is 4. The van der Waals surface area contributed by atoms with E-state index in [4.69, 9.17) is 5.73 Å². The van der Waals surface area contributed by atoms with E-state index in [1.165, 1.54) is 0 Å². The van der Waals surface area contributed by atoms with Crippen molar-refractivity contribution in [2.24, 2.45) is 5.73 Å². The van der Waals surface area contributed by atoms with Crippen LogP contribution in [0.2, 0.25) is 0 Å². The molecule has 0 radical (unpaired) electrons. The molecule has 0 aliphatic rings. The van der Waals surface area contributed by atoms with Crippen LogP contribution in [0.1, 0.15) is 23.7 Å². The van der Waals surface area contributed by atoms with Crippen LogP contribution in [0.5, 0.6) is 0 Å². The van der Waals surface area contributed by atoms with Gasteiger partial charge in [-0.05, 0) is 12.5 Å². The van der Waals surface area contributed by atoms with E-state index >= 15 is 0 Å². The van der Waals surface area contributed by atoms with Gasteiger partial charge in [0.1, 0.15) is 0 Å². The van der Waals surface area contributed by atoms with Crippen molar-refractivity contribution in [1.82, 2.24) is 10.3 Å². The summed E-state index contributed by atoms with van der Waals surface area (Å²) < 4.78 is 0. The highest BCUT2D eigenvalue weighted by Crippen LogP contribution is 2.17. The largest absolute Gasteiger partial charge is 0.360 e. The molecule has 1 amide bonds. The van der Waals surface area contributed by atoms with Gasteiger partial charge in [0, 0.05) is 29.7 Å². The SMILES string of the molecule is CCC(CN)NC(=O)c1c[nH]c2ccccc12. The van der Waals surface area contributed by atoms with E-state index in [-0.39, 0.29) is 11.9 Å². The summed E-state index contributed by atoms with van der Waals surface area (Å²) in [6.07, 6.45) is 2.58. The Morgan fingerprint density at radius 3 is 2.94 bits per heavy atom. The van der Waals surface area contributed by atoms with E-state index in [9.17, 15) is 4.79 Å². The fraction of sp³-hybridized carbons (Fsp3) is 0.308. The quantitative estimate of drug-likeness (QED) is 0.748. The number of H-pyrrole nitrogens is 1. The summed E-state index contributed by atoms with van der Waals surface area (Å²) in [6, 6.07) is 7.79. The second kappa shape index (κ2) is 5.01. The van der Waals surface area contributed by atoms with Crippen LogP contribution < -0.4 is 11.1 Å². The van der Waals surface area contributed by atoms with Gasteiger partial charge in [0.05, 0.1) is 5.56 Å². The molecule has 1 atom stereocenters. The first-order chi connectivity index (χ1) is 8.26. The molecular formula is C13H17N3O. The summed E-state index contributed by atoms with van der Waals surface area (Å²) in [6.45, 7) is 2.47. The molecule has 0 saturated carbocycles. The Balaban J connectivity index is 2.25. The Labute approximate surface area is 100 Å². The van der Waals surface area contributed by atoms with Gasteiger partial charge in [0.15, 0.2) is 0 Å². The molecule has 4 heteroatoms. The Morgan fingerprint density at radius 2 is 2.24 bits per heavy atom. The third kappa shape index (κ3) is 2.31. The summed E-state index contributed by atoms with van der Waals surface area (Å²) in [5.41, 5.74) is 7.22. The summed E-state index contributed by atoms with van der Waals surface area (Å²) in [5.74, 6) is -0.0697. The average molecular weight is 231 g/mol. The fourth-order valence-corrected chi connectivity index (χ4v) is 1.85. The predicted molar refractivity (Wildman–Crippen MR) is 68.9 cm³/mol. The maximum atomic E-state index is 12.1. The van der Waals surface area contributed by atoms with Gasteiger partial charge in [-0.1, -0.05) is 25.1 Å². The monoisotopic (exact) mass is 231 g/mol. The van der Waals surface area contributed by atoms with Crippen LogP contribution in [0.15, 0.2) is 30.5 Å². The molecule has 0 spiro atoms. The molecule has 0 saturated heterocycles. The summed E-state index contributed by atoms with van der Waals surface area (Å²) in [5, 5.41) is 3.87. The van der Waals surface area contributed by atoms with Crippen LogP contribution in [-0.2, 0) is 0 Å². The molecule has 4 N–H and O–H groups in total. The molecule has 1 heterocycles. The topological polar surface area (TPSA) is 70.9 Å². The van der Waals surface area contributed by atoms with Crippen molar-refractivity contribution < 1.29 is 4.79 Å². The number of aromatic nitrogens is 1. The zero-order chi connectivity index (χ0) is 12.3. The number of benzene rings is 1. The third-order valence-corrected chi connectivity index (χ3v) is 2.95. The zero-order valence-electron chi connectivity index (χ0n) is 9.86. The van der Waals surface area contributed by atoms with Crippen LogP contribution in [0.3, 0.4) is 0 Å². The Hall–Kier alpha value is -1.81. The van der Waals surface area contributed by atoms with Crippen molar-refractivity contribution in [2.45, 2.75) is 19.4 Å². The molecule has 2 aromatic rings. The summed E-state index contributed by atoms with van der Waals surface area (Å²) in [4.78, 5) is 15.1. The number of nitrogens with one attached hydrogen (secondary N) is 2. The second-order valence-corrected chi connectivity index (χ2v) is 4.06. The lowest BCUT2D eigenvalue weighted by Gasteiger charge is -2.13. The van der Waals surface area contributed by atoms with E-state index in [0.29, 0.717) is 12.1 Å². The number of fused-ring (bicyclic) bond motifs is 1. The molecular weight excluding hydrogens is 214 g/mol. The first-order valence-electron chi connectivity index (χ1n) is 5.83. The molecule has 0 aliphatic carbocycles. The van der Waals surface area contributed by atoms with Crippen LogP contribution in [0.25, 0.3) is 10.9 Å². The smallest absolute Gasteiger partial charge is 0.253 e. The molecule has 1 aromatic heterocycles. The first kappa shape index (κ1) is 11.7. The normalized spacial score (nSPS) is 12.6. The second-order valence-electron chi connectivity index (χ2n) is 4.06. The molecule has 4 nitrogen and oxygen atoms in total. The van der Waals surface area contributed by atoms with E-state index in [0.717, 1.165) is 17.3 Å². The fourth-order valence-electron chi connectivity index (χ4n) is 1.85. The number of aromatic amines is 1. The van der Waals surface area contributed by atoms with Gasteiger partial charge in [-0.15, -0.1) is 0 Å². The summed E-state index contributed by atoms with van der Waals surface area (Å²) in [7, 11) is 0. The number of hydrogen-bond acceptors (Lipinski definition) is 2. The minimum absolute atomic E-state index is 0.0381. The highest BCUT2D eigenvalue weighted by molar-refractivity contribution is 6.06. The van der Waals surface area contributed by atoms with Crippen molar-refractivity contribution in [3.63, 3.8) is 0 Å². The molecule has 0 fully saturated rings. The molecule has 1 aromatic carbocycles. The van der Waals surface area contributed by atoms with Gasteiger partial charge in [-0.3, -0.25) is 4.79 Å². The summed E-state index contributed by atoms with van der Waals surface area (Å²) >= 11 is 0. The highest BCUT2D eigenvalue weighted by Gasteiger charge is 2.14. The molecule has 0 aliphatic heterocycles.